The highest BCUT2D eigenvalue weighted by molar-refractivity contribution is 7.22. The maximum atomic E-state index is 13.8. The van der Waals surface area contributed by atoms with E-state index in [0.29, 0.717) is 22.2 Å². The molecule has 8 heteroatoms. The molecule has 0 aliphatic heterocycles. The van der Waals surface area contributed by atoms with Crippen LogP contribution in [0.2, 0.25) is 0 Å². The first-order valence-corrected chi connectivity index (χ1v) is 9.27. The lowest BCUT2D eigenvalue weighted by Gasteiger charge is -2.00. The molecule has 140 valence electrons. The fraction of sp³-hybridized carbons (Fsp3) is 0.0500. The van der Waals surface area contributed by atoms with Crippen molar-refractivity contribution in [1.82, 2.24) is 10.4 Å². The van der Waals surface area contributed by atoms with Gasteiger partial charge in [0.25, 0.3) is 5.91 Å². The van der Waals surface area contributed by atoms with Crippen LogP contribution in [0.5, 0.6) is 0 Å². The van der Waals surface area contributed by atoms with Gasteiger partial charge in [0.2, 0.25) is 0 Å². The van der Waals surface area contributed by atoms with Gasteiger partial charge < -0.3 is 9.73 Å². The molecule has 0 saturated carbocycles. The van der Waals surface area contributed by atoms with Gasteiger partial charge in [-0.3, -0.25) is 4.79 Å². The lowest BCUT2D eigenvalue weighted by atomic mass is 10.1. The Hall–Kier alpha value is -3.52. The van der Waals surface area contributed by atoms with Crippen LogP contribution in [0.25, 0.3) is 21.5 Å². The molecule has 1 amide bonds. The van der Waals surface area contributed by atoms with Crippen molar-refractivity contribution in [3.63, 3.8) is 0 Å². The van der Waals surface area contributed by atoms with E-state index in [0.717, 1.165) is 10.2 Å². The SMILES string of the molecule is O=C(CNc1nc2ccccc2s1)N/N=C\c1ccc(-c2ccccc2F)o1. The maximum Gasteiger partial charge on any atom is 0.259 e. The summed E-state index contributed by atoms with van der Waals surface area (Å²) in [6.45, 7) is 0.0375. The minimum atomic E-state index is -0.366. The Kier molecular flexibility index (Phi) is 5.11. The molecule has 4 rings (SSSR count). The minimum absolute atomic E-state index is 0.0375. The third kappa shape index (κ3) is 4.07. The number of rotatable bonds is 6. The average molecular weight is 394 g/mol. The van der Waals surface area contributed by atoms with E-state index < -0.39 is 0 Å². The van der Waals surface area contributed by atoms with Gasteiger partial charge in [0, 0.05) is 0 Å². The molecule has 2 aromatic heterocycles. The van der Waals surface area contributed by atoms with E-state index in [1.54, 1.807) is 30.3 Å². The zero-order valence-corrected chi connectivity index (χ0v) is 15.4. The molecule has 6 nitrogen and oxygen atoms in total. The Labute approximate surface area is 163 Å². The number of hydrazone groups is 1. The van der Waals surface area contributed by atoms with Gasteiger partial charge in [-0.25, -0.2) is 14.8 Å². The van der Waals surface area contributed by atoms with Crippen LogP contribution in [0, 0.1) is 5.82 Å². The van der Waals surface area contributed by atoms with Crippen molar-refractivity contribution in [1.29, 1.82) is 0 Å². The van der Waals surface area contributed by atoms with Crippen molar-refractivity contribution in [3.8, 4) is 11.3 Å². The van der Waals surface area contributed by atoms with Crippen LogP contribution in [0.1, 0.15) is 5.76 Å². The molecule has 0 aliphatic rings. The van der Waals surface area contributed by atoms with Crippen molar-refractivity contribution in [2.75, 3.05) is 11.9 Å². The highest BCUT2D eigenvalue weighted by Crippen LogP contribution is 2.25. The summed E-state index contributed by atoms with van der Waals surface area (Å²) in [5.41, 5.74) is 3.66. The average Bonchev–Trinajstić information content (AvgIpc) is 3.33. The van der Waals surface area contributed by atoms with E-state index in [4.69, 9.17) is 4.42 Å². The summed E-state index contributed by atoms with van der Waals surface area (Å²) in [4.78, 5) is 16.3. The summed E-state index contributed by atoms with van der Waals surface area (Å²) in [6.07, 6.45) is 1.36. The summed E-state index contributed by atoms with van der Waals surface area (Å²) in [6, 6.07) is 17.4. The molecular formula is C20H15FN4O2S. The van der Waals surface area contributed by atoms with Gasteiger partial charge in [0.05, 0.1) is 28.5 Å². The molecule has 0 radical (unpaired) electrons. The van der Waals surface area contributed by atoms with Crippen molar-refractivity contribution >= 4 is 38.8 Å². The molecule has 2 aromatic carbocycles. The summed E-state index contributed by atoms with van der Waals surface area (Å²) >= 11 is 1.48. The number of amides is 1. The molecule has 0 unspecified atom stereocenters. The van der Waals surface area contributed by atoms with Crippen molar-refractivity contribution in [2.45, 2.75) is 0 Å². The van der Waals surface area contributed by atoms with Gasteiger partial charge in [0.1, 0.15) is 17.3 Å². The summed E-state index contributed by atoms with van der Waals surface area (Å²) in [7, 11) is 0. The van der Waals surface area contributed by atoms with E-state index in [9.17, 15) is 9.18 Å². The van der Waals surface area contributed by atoms with Gasteiger partial charge >= 0.3 is 0 Å². The number of hydrogen-bond acceptors (Lipinski definition) is 6. The Morgan fingerprint density at radius 2 is 1.96 bits per heavy atom. The number of hydrogen-bond donors (Lipinski definition) is 2. The summed E-state index contributed by atoms with van der Waals surface area (Å²) < 4.78 is 20.4. The number of nitrogens with zero attached hydrogens (tertiary/aromatic N) is 2. The lowest BCUT2D eigenvalue weighted by Crippen LogP contribution is -2.25. The molecule has 0 fully saturated rings. The van der Waals surface area contributed by atoms with Crippen LogP contribution in [-0.4, -0.2) is 23.7 Å². The fourth-order valence-corrected chi connectivity index (χ4v) is 3.40. The number of thiazole rings is 1. The van der Waals surface area contributed by atoms with E-state index in [1.165, 1.54) is 23.6 Å². The standard InChI is InChI=1S/C20H15FN4O2S/c21-15-6-2-1-5-14(15)17-10-9-13(27-17)11-23-25-19(26)12-22-20-24-16-7-3-4-8-18(16)28-20/h1-11H,12H2,(H,22,24)(H,25,26)/b23-11-. The molecule has 0 bridgehead atoms. The molecular weight excluding hydrogens is 379 g/mol. The third-order valence-electron chi connectivity index (χ3n) is 3.84. The second kappa shape index (κ2) is 8.01. The number of nitrogens with one attached hydrogen (secondary N) is 2. The van der Waals surface area contributed by atoms with E-state index >= 15 is 0 Å². The largest absolute Gasteiger partial charge is 0.455 e. The molecule has 0 saturated heterocycles. The van der Waals surface area contributed by atoms with Gasteiger partial charge in [-0.15, -0.1) is 0 Å². The zero-order chi connectivity index (χ0) is 19.3. The molecule has 2 heterocycles. The second-order valence-corrected chi connectivity index (χ2v) is 6.85. The first-order chi connectivity index (χ1) is 13.7. The second-order valence-electron chi connectivity index (χ2n) is 5.82. The first kappa shape index (κ1) is 17.9. The van der Waals surface area contributed by atoms with Gasteiger partial charge in [0.15, 0.2) is 5.13 Å². The number of fused-ring (bicyclic) bond motifs is 1. The quantitative estimate of drug-likeness (QED) is 0.378. The monoisotopic (exact) mass is 394 g/mol. The van der Waals surface area contributed by atoms with Crippen LogP contribution >= 0.6 is 11.3 Å². The summed E-state index contributed by atoms with van der Waals surface area (Å²) in [5, 5.41) is 7.50. The lowest BCUT2D eigenvalue weighted by molar-refractivity contribution is -0.119. The van der Waals surface area contributed by atoms with Crippen LogP contribution in [0.15, 0.2) is 70.2 Å². The van der Waals surface area contributed by atoms with Crippen molar-refractivity contribution in [3.05, 3.63) is 72.2 Å². The Morgan fingerprint density at radius 3 is 2.82 bits per heavy atom. The highest BCUT2D eigenvalue weighted by atomic mass is 32.1. The fourth-order valence-electron chi connectivity index (χ4n) is 2.54. The molecule has 28 heavy (non-hydrogen) atoms. The zero-order valence-electron chi connectivity index (χ0n) is 14.6. The molecule has 0 aliphatic carbocycles. The Morgan fingerprint density at radius 1 is 1.14 bits per heavy atom. The molecule has 4 aromatic rings. The molecule has 0 atom stereocenters. The number of furan rings is 1. The number of anilines is 1. The number of carbonyl (C=O) groups is 1. The number of aromatic nitrogens is 1. The summed E-state index contributed by atoms with van der Waals surface area (Å²) in [5.74, 6) is 0.104. The predicted molar refractivity (Wildman–Crippen MR) is 108 cm³/mol. The molecule has 0 spiro atoms. The number of benzene rings is 2. The van der Waals surface area contributed by atoms with Crippen LogP contribution in [0.3, 0.4) is 0 Å². The molecule has 2 N–H and O–H groups in total. The highest BCUT2D eigenvalue weighted by Gasteiger charge is 2.08. The number of para-hydroxylation sites is 1. The topological polar surface area (TPSA) is 79.5 Å². The Balaban J connectivity index is 1.31. The predicted octanol–water partition coefficient (Wildman–Crippen LogP) is 4.26. The number of halogens is 1. The van der Waals surface area contributed by atoms with Crippen molar-refractivity contribution < 1.29 is 13.6 Å². The van der Waals surface area contributed by atoms with E-state index in [1.807, 2.05) is 24.3 Å². The number of carbonyl (C=O) groups excluding carboxylic acids is 1. The normalized spacial score (nSPS) is 11.2. The maximum absolute atomic E-state index is 13.8. The van der Waals surface area contributed by atoms with Crippen LogP contribution < -0.4 is 10.7 Å². The first-order valence-electron chi connectivity index (χ1n) is 8.45. The van der Waals surface area contributed by atoms with E-state index in [2.05, 4.69) is 20.8 Å². The van der Waals surface area contributed by atoms with E-state index in [-0.39, 0.29) is 18.3 Å². The van der Waals surface area contributed by atoms with Gasteiger partial charge in [-0.05, 0) is 36.4 Å². The van der Waals surface area contributed by atoms with Gasteiger partial charge in [-0.2, -0.15) is 5.10 Å². The van der Waals surface area contributed by atoms with Crippen LogP contribution in [-0.2, 0) is 4.79 Å². The van der Waals surface area contributed by atoms with Gasteiger partial charge in [-0.1, -0.05) is 35.6 Å². The van der Waals surface area contributed by atoms with Crippen molar-refractivity contribution in [2.24, 2.45) is 5.10 Å². The minimum Gasteiger partial charge on any atom is -0.455 e. The van der Waals surface area contributed by atoms with Crippen LogP contribution in [0.4, 0.5) is 9.52 Å². The smallest absolute Gasteiger partial charge is 0.259 e. The third-order valence-corrected chi connectivity index (χ3v) is 4.84. The Bertz CT molecular complexity index is 1120.